The lowest BCUT2D eigenvalue weighted by Crippen LogP contribution is -2.29. The molecule has 10 heteroatoms. The van der Waals surface area contributed by atoms with Gasteiger partial charge in [-0.2, -0.15) is 0 Å². The molecule has 0 saturated carbocycles. The normalized spacial score (nSPS) is 15.1. The van der Waals surface area contributed by atoms with Crippen molar-refractivity contribution in [3.63, 3.8) is 0 Å². The first-order chi connectivity index (χ1) is 16.2. The van der Waals surface area contributed by atoms with Gasteiger partial charge in [0.05, 0.1) is 32.5 Å². The molecule has 1 unspecified atom stereocenters. The summed E-state index contributed by atoms with van der Waals surface area (Å²) in [6.07, 6.45) is 0. The molecule has 3 heterocycles. The van der Waals surface area contributed by atoms with Crippen LogP contribution in [0.25, 0.3) is 11.0 Å². The molecule has 2 aromatic heterocycles. The fraction of sp³-hybridized carbons (Fsp3) is 0.167. The Hall–Kier alpha value is -4.18. The number of nitro benzene ring substituents is 1. The second-order valence-electron chi connectivity index (χ2n) is 8.07. The van der Waals surface area contributed by atoms with Gasteiger partial charge in [0.25, 0.3) is 11.6 Å². The SMILES string of the molecule is CC(=O)c1sc(N2C(=O)c3oc4ccc(C)cc4c(=O)c3C2c2cccc([N+](=O)[O-])c2)nc1C. The van der Waals surface area contributed by atoms with Crippen LogP contribution in [0.3, 0.4) is 0 Å². The van der Waals surface area contributed by atoms with Crippen LogP contribution in [0.15, 0.2) is 51.7 Å². The molecule has 5 rings (SSSR count). The van der Waals surface area contributed by atoms with Gasteiger partial charge in [-0.1, -0.05) is 35.1 Å². The molecule has 0 fully saturated rings. The van der Waals surface area contributed by atoms with Crippen LogP contribution in [0.5, 0.6) is 0 Å². The number of nitrogens with zero attached hydrogens (tertiary/aromatic N) is 3. The second kappa shape index (κ2) is 7.70. The van der Waals surface area contributed by atoms with E-state index in [0.29, 0.717) is 21.5 Å². The molecule has 2 aromatic carbocycles. The van der Waals surface area contributed by atoms with E-state index < -0.39 is 22.3 Å². The van der Waals surface area contributed by atoms with Crippen LogP contribution in [-0.4, -0.2) is 21.6 Å². The van der Waals surface area contributed by atoms with E-state index in [4.69, 9.17) is 4.42 Å². The number of Topliss-reactive ketones (excluding diaryl/α,β-unsaturated/α-hetero) is 1. The fourth-order valence-corrected chi connectivity index (χ4v) is 5.21. The number of non-ortho nitro benzene ring substituents is 1. The number of ketones is 1. The minimum Gasteiger partial charge on any atom is -0.450 e. The predicted molar refractivity (Wildman–Crippen MR) is 126 cm³/mol. The summed E-state index contributed by atoms with van der Waals surface area (Å²) in [4.78, 5) is 56.2. The summed E-state index contributed by atoms with van der Waals surface area (Å²) in [7, 11) is 0. The maximum atomic E-state index is 13.6. The number of carbonyl (C=O) groups is 2. The van der Waals surface area contributed by atoms with Crippen molar-refractivity contribution in [3.8, 4) is 0 Å². The third-order valence-corrected chi connectivity index (χ3v) is 6.99. The van der Waals surface area contributed by atoms with Crippen molar-refractivity contribution in [1.29, 1.82) is 0 Å². The van der Waals surface area contributed by atoms with Crippen molar-refractivity contribution in [3.05, 3.63) is 95.8 Å². The first-order valence-electron chi connectivity index (χ1n) is 10.3. The topological polar surface area (TPSA) is 124 Å². The average molecular weight is 475 g/mol. The summed E-state index contributed by atoms with van der Waals surface area (Å²) in [6.45, 7) is 4.90. The lowest BCUT2D eigenvalue weighted by atomic mass is 9.98. The maximum Gasteiger partial charge on any atom is 0.297 e. The van der Waals surface area contributed by atoms with E-state index in [2.05, 4.69) is 4.98 Å². The molecule has 170 valence electrons. The van der Waals surface area contributed by atoms with Crippen LogP contribution in [0.4, 0.5) is 10.8 Å². The van der Waals surface area contributed by atoms with E-state index in [1.807, 2.05) is 6.92 Å². The number of rotatable bonds is 4. The molecule has 1 aliphatic rings. The average Bonchev–Trinajstić information content (AvgIpc) is 3.32. The molecule has 9 nitrogen and oxygen atoms in total. The van der Waals surface area contributed by atoms with Crippen LogP contribution in [-0.2, 0) is 0 Å². The van der Waals surface area contributed by atoms with Crippen molar-refractivity contribution >= 4 is 44.8 Å². The highest BCUT2D eigenvalue weighted by Crippen LogP contribution is 2.43. The highest BCUT2D eigenvalue weighted by Gasteiger charge is 2.45. The van der Waals surface area contributed by atoms with E-state index in [-0.39, 0.29) is 33.5 Å². The molecule has 1 amide bonds. The van der Waals surface area contributed by atoms with Crippen molar-refractivity contribution < 1.29 is 18.9 Å². The number of hydrogen-bond acceptors (Lipinski definition) is 8. The predicted octanol–water partition coefficient (Wildman–Crippen LogP) is 4.73. The number of thiazole rings is 1. The van der Waals surface area contributed by atoms with E-state index in [0.717, 1.165) is 16.9 Å². The van der Waals surface area contributed by atoms with Crippen LogP contribution in [0, 0.1) is 24.0 Å². The van der Waals surface area contributed by atoms with Crippen molar-refractivity contribution in [2.45, 2.75) is 26.8 Å². The number of hydrogen-bond donors (Lipinski definition) is 0. The lowest BCUT2D eigenvalue weighted by molar-refractivity contribution is -0.384. The van der Waals surface area contributed by atoms with Gasteiger partial charge in [0.1, 0.15) is 5.58 Å². The number of nitro groups is 1. The minimum atomic E-state index is -1.01. The van der Waals surface area contributed by atoms with Gasteiger partial charge < -0.3 is 4.42 Å². The van der Waals surface area contributed by atoms with Gasteiger partial charge in [-0.15, -0.1) is 0 Å². The van der Waals surface area contributed by atoms with E-state index in [9.17, 15) is 24.5 Å². The Morgan fingerprint density at radius 1 is 1.18 bits per heavy atom. The molecule has 34 heavy (non-hydrogen) atoms. The minimum absolute atomic E-state index is 0.0841. The van der Waals surface area contributed by atoms with Crippen LogP contribution < -0.4 is 10.3 Å². The van der Waals surface area contributed by atoms with Crippen LogP contribution in [0.2, 0.25) is 0 Å². The summed E-state index contributed by atoms with van der Waals surface area (Å²) in [5.41, 5.74) is 1.43. The lowest BCUT2D eigenvalue weighted by Gasteiger charge is -2.22. The van der Waals surface area contributed by atoms with E-state index in [1.165, 1.54) is 30.0 Å². The number of anilines is 1. The Kier molecular flexibility index (Phi) is 4.90. The number of carbonyl (C=O) groups excluding carboxylic acids is 2. The Morgan fingerprint density at radius 3 is 2.62 bits per heavy atom. The number of amides is 1. The molecule has 4 aromatic rings. The second-order valence-corrected chi connectivity index (χ2v) is 9.05. The zero-order valence-electron chi connectivity index (χ0n) is 18.3. The first-order valence-corrected chi connectivity index (χ1v) is 11.1. The Bertz CT molecular complexity index is 1600. The number of aryl methyl sites for hydroxylation is 2. The maximum absolute atomic E-state index is 13.6. The fourth-order valence-electron chi connectivity index (χ4n) is 4.22. The van der Waals surface area contributed by atoms with E-state index in [1.54, 1.807) is 31.2 Å². The Balaban J connectivity index is 1.82. The smallest absolute Gasteiger partial charge is 0.297 e. The number of benzene rings is 2. The number of fused-ring (bicyclic) bond motifs is 2. The van der Waals surface area contributed by atoms with Gasteiger partial charge in [-0.05, 0) is 31.5 Å². The molecule has 0 spiro atoms. The zero-order chi connectivity index (χ0) is 24.3. The Labute approximate surface area is 196 Å². The van der Waals surface area contributed by atoms with Crippen molar-refractivity contribution in [2.24, 2.45) is 0 Å². The Morgan fingerprint density at radius 2 is 1.94 bits per heavy atom. The van der Waals surface area contributed by atoms with Crippen molar-refractivity contribution in [2.75, 3.05) is 4.90 Å². The third kappa shape index (κ3) is 3.22. The molecular weight excluding hydrogens is 458 g/mol. The molecule has 0 radical (unpaired) electrons. The number of aromatic nitrogens is 1. The van der Waals surface area contributed by atoms with Crippen LogP contribution >= 0.6 is 11.3 Å². The highest BCUT2D eigenvalue weighted by molar-refractivity contribution is 7.17. The molecule has 0 aliphatic carbocycles. The van der Waals surface area contributed by atoms with Gasteiger partial charge in [0.2, 0.25) is 5.76 Å². The van der Waals surface area contributed by atoms with Gasteiger partial charge in [-0.3, -0.25) is 29.4 Å². The summed E-state index contributed by atoms with van der Waals surface area (Å²) >= 11 is 1.03. The molecular formula is C24H17N3O6S. The van der Waals surface area contributed by atoms with Gasteiger partial charge >= 0.3 is 0 Å². The first kappa shape index (κ1) is 21.7. The van der Waals surface area contributed by atoms with Gasteiger partial charge in [-0.25, -0.2) is 4.98 Å². The van der Waals surface area contributed by atoms with Gasteiger partial charge in [0, 0.05) is 19.1 Å². The van der Waals surface area contributed by atoms with E-state index >= 15 is 0 Å². The standard InChI is InChI=1S/C24H17N3O6S/c1-11-7-8-17-16(9-11)20(29)18-19(14-5-4-6-15(10-14)27(31)32)26(23(30)21(18)33-17)24-25-12(2)22(34-24)13(3)28/h4-10,19H,1-3H3. The zero-order valence-corrected chi connectivity index (χ0v) is 19.1. The summed E-state index contributed by atoms with van der Waals surface area (Å²) in [6, 6.07) is 9.84. The summed E-state index contributed by atoms with van der Waals surface area (Å²) in [5, 5.41) is 11.9. The summed E-state index contributed by atoms with van der Waals surface area (Å²) in [5.74, 6) is -0.947. The van der Waals surface area contributed by atoms with Crippen LogP contribution in [0.1, 0.15) is 55.6 Å². The van der Waals surface area contributed by atoms with Gasteiger partial charge in [0.15, 0.2) is 16.3 Å². The molecule has 0 saturated heterocycles. The molecule has 1 aliphatic heterocycles. The summed E-state index contributed by atoms with van der Waals surface area (Å²) < 4.78 is 5.90. The largest absolute Gasteiger partial charge is 0.450 e. The third-order valence-electron chi connectivity index (χ3n) is 5.73. The molecule has 0 N–H and O–H groups in total. The molecule has 0 bridgehead atoms. The highest BCUT2D eigenvalue weighted by atomic mass is 32.1. The van der Waals surface area contributed by atoms with Crippen molar-refractivity contribution in [1.82, 2.24) is 4.98 Å². The molecule has 1 atom stereocenters. The monoisotopic (exact) mass is 475 g/mol. The quantitative estimate of drug-likeness (QED) is 0.237.